The predicted octanol–water partition coefficient (Wildman–Crippen LogP) is 5.51. The SMILES string of the molecule is C=C(NCc1ccccc1)C1CCCN1C(=C)CC1=NC(N)=CC1.CC(C)c1cccnc1. The molecule has 0 saturated carbocycles. The van der Waals surface area contributed by atoms with Crippen LogP contribution < -0.4 is 11.1 Å². The second kappa shape index (κ2) is 12.0. The Morgan fingerprint density at radius 2 is 1.97 bits per heavy atom. The summed E-state index contributed by atoms with van der Waals surface area (Å²) in [6.07, 6.45) is 9.59. The number of allylic oxidation sites excluding steroid dienone is 2. The zero-order valence-electron chi connectivity index (χ0n) is 20.0. The quantitative estimate of drug-likeness (QED) is 0.565. The maximum atomic E-state index is 5.73. The van der Waals surface area contributed by atoms with E-state index >= 15 is 0 Å². The number of aromatic nitrogens is 1. The predicted molar refractivity (Wildman–Crippen MR) is 139 cm³/mol. The van der Waals surface area contributed by atoms with E-state index in [1.807, 2.05) is 24.4 Å². The van der Waals surface area contributed by atoms with Crippen molar-refractivity contribution in [1.29, 1.82) is 0 Å². The van der Waals surface area contributed by atoms with Crippen LogP contribution in [0.2, 0.25) is 0 Å². The summed E-state index contributed by atoms with van der Waals surface area (Å²) < 4.78 is 0. The molecule has 1 fully saturated rings. The topological polar surface area (TPSA) is 66.5 Å². The molecule has 2 aromatic rings. The van der Waals surface area contributed by atoms with E-state index in [0.717, 1.165) is 49.5 Å². The molecule has 1 unspecified atom stereocenters. The van der Waals surface area contributed by atoms with Crippen molar-refractivity contribution in [3.05, 3.63) is 102 Å². The van der Waals surface area contributed by atoms with Crippen molar-refractivity contribution >= 4 is 5.71 Å². The smallest absolute Gasteiger partial charge is 0.119 e. The van der Waals surface area contributed by atoms with Gasteiger partial charge in [0.1, 0.15) is 5.82 Å². The third kappa shape index (κ3) is 7.35. The van der Waals surface area contributed by atoms with E-state index in [4.69, 9.17) is 5.73 Å². The van der Waals surface area contributed by atoms with Crippen LogP contribution in [0.3, 0.4) is 0 Å². The largest absolute Gasteiger partial charge is 0.384 e. The molecular weight excluding hydrogens is 406 g/mol. The van der Waals surface area contributed by atoms with E-state index < -0.39 is 0 Å². The van der Waals surface area contributed by atoms with E-state index in [2.05, 4.69) is 77.5 Å². The number of nitrogens with zero attached hydrogens (tertiary/aromatic N) is 3. The number of benzene rings is 1. The van der Waals surface area contributed by atoms with Gasteiger partial charge in [-0.3, -0.25) is 4.98 Å². The molecule has 3 heterocycles. The lowest BCUT2D eigenvalue weighted by Gasteiger charge is -2.30. The molecule has 5 nitrogen and oxygen atoms in total. The highest BCUT2D eigenvalue weighted by Gasteiger charge is 2.28. The highest BCUT2D eigenvalue weighted by atomic mass is 15.2. The fraction of sp³-hybridized carbons (Fsp3) is 0.357. The molecule has 4 rings (SSSR count). The standard InChI is InChI=1S/C20H26N4.C8H11N/c1-15(13-18-10-11-20(21)23-18)24-12-6-9-19(24)16(2)22-14-17-7-4-3-5-8-17;1-7(2)8-4-3-5-9-6-8/h3-5,7-8,11,19,22H,1-2,6,9-10,12-14,21H2;3-7H,1-2H3. The second-order valence-corrected chi connectivity index (χ2v) is 8.91. The molecule has 5 heteroatoms. The lowest BCUT2D eigenvalue weighted by Crippen LogP contribution is -2.35. The van der Waals surface area contributed by atoms with Gasteiger partial charge in [-0.2, -0.15) is 0 Å². The van der Waals surface area contributed by atoms with E-state index in [1.165, 1.54) is 17.5 Å². The molecule has 0 bridgehead atoms. The molecule has 0 amide bonds. The van der Waals surface area contributed by atoms with E-state index in [9.17, 15) is 0 Å². The molecular formula is C28H37N5. The second-order valence-electron chi connectivity index (χ2n) is 8.91. The molecule has 1 aromatic carbocycles. The van der Waals surface area contributed by atoms with Crippen molar-refractivity contribution in [2.45, 2.75) is 58.0 Å². The normalized spacial score (nSPS) is 17.2. The zero-order valence-corrected chi connectivity index (χ0v) is 20.0. The van der Waals surface area contributed by atoms with Gasteiger partial charge in [0.15, 0.2) is 0 Å². The number of rotatable bonds is 8. The minimum atomic E-state index is 0.313. The molecule has 1 aromatic heterocycles. The molecule has 174 valence electrons. The molecule has 2 aliphatic rings. The van der Waals surface area contributed by atoms with Crippen molar-refractivity contribution in [2.75, 3.05) is 6.54 Å². The number of hydrogen-bond acceptors (Lipinski definition) is 5. The Bertz CT molecular complexity index is 976. The van der Waals surface area contributed by atoms with Gasteiger partial charge in [0, 0.05) is 55.4 Å². The first-order valence-electron chi connectivity index (χ1n) is 11.8. The monoisotopic (exact) mass is 443 g/mol. The van der Waals surface area contributed by atoms with Crippen LogP contribution in [-0.2, 0) is 6.54 Å². The van der Waals surface area contributed by atoms with Gasteiger partial charge >= 0.3 is 0 Å². The van der Waals surface area contributed by atoms with E-state index in [1.54, 1.807) is 6.20 Å². The van der Waals surface area contributed by atoms with Gasteiger partial charge in [-0.15, -0.1) is 0 Å². The molecule has 0 spiro atoms. The number of nitrogens with one attached hydrogen (secondary N) is 1. The zero-order chi connectivity index (χ0) is 23.6. The van der Waals surface area contributed by atoms with E-state index in [0.29, 0.717) is 17.8 Å². The van der Waals surface area contributed by atoms with Gasteiger partial charge in [0.2, 0.25) is 0 Å². The van der Waals surface area contributed by atoms with Crippen molar-refractivity contribution in [3.8, 4) is 0 Å². The van der Waals surface area contributed by atoms with Gasteiger partial charge in [-0.1, -0.05) is 63.4 Å². The van der Waals surface area contributed by atoms with Gasteiger partial charge in [0.25, 0.3) is 0 Å². The third-order valence-electron chi connectivity index (χ3n) is 6.02. The Balaban J connectivity index is 0.000000286. The van der Waals surface area contributed by atoms with Gasteiger partial charge < -0.3 is 16.0 Å². The first kappa shape index (κ1) is 24.3. The van der Waals surface area contributed by atoms with Crippen LogP contribution in [0, 0.1) is 0 Å². The number of likely N-dealkylation sites (tertiary alicyclic amines) is 1. The number of nitrogens with two attached hydrogens (primary N) is 1. The van der Waals surface area contributed by atoms with E-state index in [-0.39, 0.29) is 0 Å². The maximum Gasteiger partial charge on any atom is 0.119 e. The van der Waals surface area contributed by atoms with Crippen molar-refractivity contribution in [1.82, 2.24) is 15.2 Å². The Kier molecular flexibility index (Phi) is 8.87. The number of hydrogen-bond donors (Lipinski definition) is 2. The highest BCUT2D eigenvalue weighted by molar-refractivity contribution is 5.90. The Hall–Kier alpha value is -3.34. The summed E-state index contributed by atoms with van der Waals surface area (Å²) in [5.41, 5.74) is 11.6. The number of pyridine rings is 1. The summed E-state index contributed by atoms with van der Waals surface area (Å²) in [5.74, 6) is 1.23. The molecule has 0 aliphatic carbocycles. The average molecular weight is 444 g/mol. The van der Waals surface area contributed by atoms with Gasteiger partial charge in [0.05, 0.1) is 6.04 Å². The van der Waals surface area contributed by atoms with Crippen LogP contribution in [0.25, 0.3) is 0 Å². The minimum absolute atomic E-state index is 0.313. The third-order valence-corrected chi connectivity index (χ3v) is 6.02. The Morgan fingerprint density at radius 3 is 2.58 bits per heavy atom. The average Bonchev–Trinajstić information content (AvgIpc) is 3.48. The molecule has 0 radical (unpaired) electrons. The summed E-state index contributed by atoms with van der Waals surface area (Å²) in [4.78, 5) is 10.8. The van der Waals surface area contributed by atoms with Crippen molar-refractivity contribution < 1.29 is 0 Å². The van der Waals surface area contributed by atoms with Crippen LogP contribution in [-0.4, -0.2) is 28.2 Å². The Labute approximate surface area is 198 Å². The molecule has 1 atom stereocenters. The fourth-order valence-electron chi connectivity index (χ4n) is 4.10. The number of aliphatic imine (C=N–C) groups is 1. The summed E-state index contributed by atoms with van der Waals surface area (Å²) in [7, 11) is 0. The first-order chi connectivity index (χ1) is 15.9. The summed E-state index contributed by atoms with van der Waals surface area (Å²) in [5, 5.41) is 3.49. The molecule has 3 N–H and O–H groups in total. The van der Waals surface area contributed by atoms with Crippen LogP contribution >= 0.6 is 0 Å². The summed E-state index contributed by atoms with van der Waals surface area (Å²) in [6.45, 7) is 14.7. The van der Waals surface area contributed by atoms with Crippen LogP contribution in [0.4, 0.5) is 0 Å². The summed E-state index contributed by atoms with van der Waals surface area (Å²) in [6, 6.07) is 14.8. The van der Waals surface area contributed by atoms with Gasteiger partial charge in [-0.05, 0) is 42.0 Å². The summed E-state index contributed by atoms with van der Waals surface area (Å²) >= 11 is 0. The van der Waals surface area contributed by atoms with Crippen LogP contribution in [0.1, 0.15) is 56.6 Å². The van der Waals surface area contributed by atoms with Crippen molar-refractivity contribution in [3.63, 3.8) is 0 Å². The molecule has 1 saturated heterocycles. The first-order valence-corrected chi connectivity index (χ1v) is 11.8. The lowest BCUT2D eigenvalue weighted by atomic mass is 10.1. The van der Waals surface area contributed by atoms with Crippen LogP contribution in [0.15, 0.2) is 96.3 Å². The van der Waals surface area contributed by atoms with Gasteiger partial charge in [-0.25, -0.2) is 4.99 Å². The maximum absolute atomic E-state index is 5.73. The molecule has 2 aliphatic heterocycles. The van der Waals surface area contributed by atoms with Crippen molar-refractivity contribution in [2.24, 2.45) is 10.7 Å². The lowest BCUT2D eigenvalue weighted by molar-refractivity contribution is 0.340. The highest BCUT2D eigenvalue weighted by Crippen LogP contribution is 2.28. The molecule has 33 heavy (non-hydrogen) atoms. The van der Waals surface area contributed by atoms with Crippen LogP contribution in [0.5, 0.6) is 0 Å². The Morgan fingerprint density at radius 1 is 1.18 bits per heavy atom. The fourth-order valence-corrected chi connectivity index (χ4v) is 4.10. The minimum Gasteiger partial charge on any atom is -0.384 e.